The number of hydrogen-bond donors (Lipinski definition) is 1. The number of aliphatic hydroxyl groups excluding tert-OH is 1. The number of hydrogen-bond acceptors (Lipinski definition) is 6. The highest BCUT2D eigenvalue weighted by molar-refractivity contribution is 6.14. The molecule has 7 nitrogen and oxygen atoms in total. The highest BCUT2D eigenvalue weighted by atomic mass is 16.5. The number of amides is 1. The van der Waals surface area contributed by atoms with Crippen molar-refractivity contribution in [2.24, 2.45) is 0 Å². The molecule has 1 amide bonds. The van der Waals surface area contributed by atoms with Gasteiger partial charge < -0.3 is 23.9 Å². The zero-order valence-electron chi connectivity index (χ0n) is 18.9. The van der Waals surface area contributed by atoms with E-state index in [4.69, 9.17) is 13.9 Å². The van der Waals surface area contributed by atoms with Gasteiger partial charge in [-0.15, -0.1) is 0 Å². The van der Waals surface area contributed by atoms with Crippen LogP contribution >= 0.6 is 0 Å². The first-order valence-corrected chi connectivity index (χ1v) is 10.9. The van der Waals surface area contributed by atoms with Gasteiger partial charge >= 0.3 is 0 Å². The first kappa shape index (κ1) is 22.9. The van der Waals surface area contributed by atoms with E-state index in [1.165, 1.54) is 24.3 Å². The molecule has 0 saturated heterocycles. The summed E-state index contributed by atoms with van der Waals surface area (Å²) in [6.45, 7) is 2.40. The summed E-state index contributed by atoms with van der Waals surface area (Å²) in [7, 11) is 1.52. The van der Waals surface area contributed by atoms with Crippen LogP contribution < -0.4 is 9.47 Å². The van der Waals surface area contributed by atoms with Crippen LogP contribution in [0.5, 0.6) is 11.5 Å². The van der Waals surface area contributed by atoms with Crippen LogP contribution in [0.2, 0.25) is 0 Å². The van der Waals surface area contributed by atoms with Crippen LogP contribution in [0.25, 0.3) is 6.08 Å². The van der Waals surface area contributed by atoms with Gasteiger partial charge in [0.05, 0.1) is 38.1 Å². The lowest BCUT2D eigenvalue weighted by Crippen LogP contribution is -2.30. The van der Waals surface area contributed by atoms with Gasteiger partial charge in [0.15, 0.2) is 23.0 Å². The molecule has 0 fully saturated rings. The van der Waals surface area contributed by atoms with Crippen LogP contribution in [-0.2, 0) is 16.1 Å². The van der Waals surface area contributed by atoms with Crippen LogP contribution in [-0.4, -0.2) is 35.4 Å². The van der Waals surface area contributed by atoms with Crippen molar-refractivity contribution in [3.63, 3.8) is 0 Å². The number of aliphatic hydroxyl groups is 1. The molecule has 1 N–H and O–H groups in total. The molecule has 2 aromatic carbocycles. The second-order valence-corrected chi connectivity index (χ2v) is 7.63. The molecule has 7 heteroatoms. The third-order valence-electron chi connectivity index (χ3n) is 5.51. The number of methoxy groups -OCH3 is 1. The second-order valence-electron chi connectivity index (χ2n) is 7.63. The molecule has 0 saturated carbocycles. The van der Waals surface area contributed by atoms with Crippen molar-refractivity contribution in [3.05, 3.63) is 101 Å². The van der Waals surface area contributed by atoms with Crippen molar-refractivity contribution < 1.29 is 28.6 Å². The Labute approximate surface area is 197 Å². The minimum absolute atomic E-state index is 0.00468. The maximum absolute atomic E-state index is 13.3. The fourth-order valence-electron chi connectivity index (χ4n) is 3.94. The van der Waals surface area contributed by atoms with Gasteiger partial charge in [-0.05, 0) is 48.4 Å². The Kier molecular flexibility index (Phi) is 6.82. The fraction of sp³-hybridized carbons (Fsp3) is 0.185. The van der Waals surface area contributed by atoms with Crippen LogP contribution in [0.3, 0.4) is 0 Å². The summed E-state index contributed by atoms with van der Waals surface area (Å²) in [6.07, 6.45) is 4.52. The Morgan fingerprint density at radius 1 is 1.12 bits per heavy atom. The Morgan fingerprint density at radius 3 is 2.59 bits per heavy atom. The van der Waals surface area contributed by atoms with E-state index in [9.17, 15) is 14.7 Å². The quantitative estimate of drug-likeness (QED) is 0.460. The Morgan fingerprint density at radius 2 is 1.91 bits per heavy atom. The molecule has 1 aliphatic heterocycles. The molecule has 34 heavy (non-hydrogen) atoms. The predicted molar refractivity (Wildman–Crippen MR) is 126 cm³/mol. The standard InChI is InChI=1S/C27H25NO6/c1-3-33-22-14-12-19(16-23(22)32-2)25-24(21(29)13-11-18-8-5-4-6-9-18)26(30)27(31)28(25)17-20-10-7-15-34-20/h4-16,25,30H,3,17H2,1-2H3/b13-11+. The topological polar surface area (TPSA) is 89.2 Å². The van der Waals surface area contributed by atoms with E-state index in [2.05, 4.69) is 0 Å². The van der Waals surface area contributed by atoms with E-state index in [-0.39, 0.29) is 12.1 Å². The van der Waals surface area contributed by atoms with Gasteiger partial charge in [0, 0.05) is 0 Å². The van der Waals surface area contributed by atoms with Gasteiger partial charge in [0.1, 0.15) is 5.76 Å². The van der Waals surface area contributed by atoms with Gasteiger partial charge in [-0.25, -0.2) is 0 Å². The summed E-state index contributed by atoms with van der Waals surface area (Å²) >= 11 is 0. The van der Waals surface area contributed by atoms with Crippen LogP contribution in [0.4, 0.5) is 0 Å². The largest absolute Gasteiger partial charge is 0.503 e. The molecule has 0 bridgehead atoms. The highest BCUT2D eigenvalue weighted by Crippen LogP contribution is 2.41. The van der Waals surface area contributed by atoms with Gasteiger partial charge in [-0.2, -0.15) is 0 Å². The SMILES string of the molecule is CCOc1ccc(C2C(C(=O)/C=C/c3ccccc3)=C(O)C(=O)N2Cc2ccco2)cc1OC. The van der Waals surface area contributed by atoms with Crippen molar-refractivity contribution >= 4 is 17.8 Å². The number of benzene rings is 2. The zero-order valence-corrected chi connectivity index (χ0v) is 18.9. The molecule has 1 aliphatic rings. The fourth-order valence-corrected chi connectivity index (χ4v) is 3.94. The molecule has 4 rings (SSSR count). The highest BCUT2D eigenvalue weighted by Gasteiger charge is 2.43. The van der Waals surface area contributed by atoms with Crippen molar-refractivity contribution in [2.75, 3.05) is 13.7 Å². The summed E-state index contributed by atoms with van der Waals surface area (Å²) < 4.78 is 16.5. The minimum Gasteiger partial charge on any atom is -0.503 e. The molecule has 3 aromatic rings. The van der Waals surface area contributed by atoms with Crippen molar-refractivity contribution in [1.82, 2.24) is 4.90 Å². The molecule has 0 spiro atoms. The molecular weight excluding hydrogens is 434 g/mol. The lowest BCUT2D eigenvalue weighted by Gasteiger charge is -2.26. The third kappa shape index (κ3) is 4.59. The average molecular weight is 459 g/mol. The van der Waals surface area contributed by atoms with Gasteiger partial charge in [-0.1, -0.05) is 42.5 Å². The normalized spacial score (nSPS) is 15.9. The smallest absolute Gasteiger partial charge is 0.290 e. The summed E-state index contributed by atoms with van der Waals surface area (Å²) in [5, 5.41) is 10.8. The Bertz CT molecular complexity index is 1230. The molecule has 2 heterocycles. The summed E-state index contributed by atoms with van der Waals surface area (Å²) in [4.78, 5) is 27.7. The maximum atomic E-state index is 13.3. The first-order chi connectivity index (χ1) is 16.5. The molecule has 0 aliphatic carbocycles. The van der Waals surface area contributed by atoms with Crippen LogP contribution in [0.1, 0.15) is 29.9 Å². The number of ether oxygens (including phenoxy) is 2. The van der Waals surface area contributed by atoms with Gasteiger partial charge in [0.2, 0.25) is 0 Å². The molecule has 1 aromatic heterocycles. The van der Waals surface area contributed by atoms with E-state index in [1.807, 2.05) is 37.3 Å². The maximum Gasteiger partial charge on any atom is 0.290 e. The lowest BCUT2D eigenvalue weighted by molar-refractivity contribution is -0.130. The van der Waals surface area contributed by atoms with E-state index >= 15 is 0 Å². The summed E-state index contributed by atoms with van der Waals surface area (Å²) in [5.74, 6) is -0.159. The second kappa shape index (κ2) is 10.1. The Balaban J connectivity index is 1.75. The number of furan rings is 1. The zero-order chi connectivity index (χ0) is 24.1. The molecule has 1 unspecified atom stereocenters. The van der Waals surface area contributed by atoms with E-state index in [1.54, 1.807) is 36.4 Å². The molecule has 174 valence electrons. The monoisotopic (exact) mass is 459 g/mol. The Hall–Kier alpha value is -4.26. The van der Waals surface area contributed by atoms with Crippen molar-refractivity contribution in [3.8, 4) is 11.5 Å². The summed E-state index contributed by atoms with van der Waals surface area (Å²) in [5.41, 5.74) is 1.42. The number of nitrogens with zero attached hydrogens (tertiary/aromatic N) is 1. The molecule has 1 atom stereocenters. The number of rotatable bonds is 9. The lowest BCUT2D eigenvalue weighted by atomic mass is 9.95. The number of carbonyl (C=O) groups excluding carboxylic acids is 2. The number of carbonyl (C=O) groups is 2. The molecule has 0 radical (unpaired) electrons. The number of ketones is 1. The van der Waals surface area contributed by atoms with Gasteiger partial charge in [0.25, 0.3) is 5.91 Å². The summed E-state index contributed by atoms with van der Waals surface area (Å²) in [6, 6.07) is 17.1. The van der Waals surface area contributed by atoms with Crippen molar-refractivity contribution in [1.29, 1.82) is 0 Å². The molecular formula is C27H25NO6. The minimum atomic E-state index is -0.838. The number of allylic oxidation sites excluding steroid dienone is 1. The van der Waals surface area contributed by atoms with E-state index in [0.29, 0.717) is 29.4 Å². The van der Waals surface area contributed by atoms with Crippen molar-refractivity contribution in [2.45, 2.75) is 19.5 Å². The van der Waals surface area contributed by atoms with Crippen LogP contribution in [0, 0.1) is 0 Å². The first-order valence-electron chi connectivity index (χ1n) is 10.9. The predicted octanol–water partition coefficient (Wildman–Crippen LogP) is 4.87. The third-order valence-corrected chi connectivity index (χ3v) is 5.51. The van der Waals surface area contributed by atoms with Gasteiger partial charge in [-0.3, -0.25) is 9.59 Å². The van der Waals surface area contributed by atoms with Crippen LogP contribution in [0.15, 0.2) is 88.8 Å². The average Bonchev–Trinajstić information content (AvgIpc) is 3.46. The van der Waals surface area contributed by atoms with E-state index in [0.717, 1.165) is 5.56 Å². The van der Waals surface area contributed by atoms with E-state index < -0.39 is 23.5 Å².